The van der Waals surface area contributed by atoms with Crippen LogP contribution in [-0.4, -0.2) is 33.9 Å². The van der Waals surface area contributed by atoms with Crippen molar-refractivity contribution in [1.82, 2.24) is 20.3 Å². The lowest BCUT2D eigenvalue weighted by molar-refractivity contribution is 0.103. The largest absolute Gasteiger partial charge is 0.317 e. The molecular weight excluding hydrogens is 311 g/mol. The van der Waals surface area contributed by atoms with Gasteiger partial charge in [0.05, 0.1) is 17.3 Å². The van der Waals surface area contributed by atoms with E-state index >= 15 is 0 Å². The van der Waals surface area contributed by atoms with Crippen molar-refractivity contribution < 1.29 is 4.79 Å². The predicted octanol–water partition coefficient (Wildman–Crippen LogP) is 2.74. The van der Waals surface area contributed by atoms with Crippen molar-refractivity contribution in [3.8, 4) is 0 Å². The molecule has 3 rings (SSSR count). The standard InChI is InChI=1S/C14H14Cl2N4O/c15-9-1-2-12(16)11(7-9)14(21)13-8-20(19-18-13)10-3-5-17-6-4-10/h1-2,7-8,10,17H,3-6H2. The fourth-order valence-corrected chi connectivity index (χ4v) is 2.82. The third-order valence-electron chi connectivity index (χ3n) is 3.60. The number of carbonyl (C=O) groups excluding carboxylic acids is 1. The summed E-state index contributed by atoms with van der Waals surface area (Å²) in [6.45, 7) is 1.90. The normalized spacial score (nSPS) is 16.1. The van der Waals surface area contributed by atoms with Gasteiger partial charge in [0.1, 0.15) is 0 Å². The molecule has 1 aromatic heterocycles. The Morgan fingerprint density at radius 2 is 2.05 bits per heavy atom. The fourth-order valence-electron chi connectivity index (χ4n) is 2.44. The number of nitrogens with zero attached hydrogens (tertiary/aromatic N) is 3. The molecule has 1 N–H and O–H groups in total. The molecule has 1 aromatic carbocycles. The summed E-state index contributed by atoms with van der Waals surface area (Å²) in [7, 11) is 0. The number of benzene rings is 1. The molecule has 0 unspecified atom stereocenters. The van der Waals surface area contributed by atoms with E-state index in [4.69, 9.17) is 23.2 Å². The van der Waals surface area contributed by atoms with Crippen molar-refractivity contribution in [3.63, 3.8) is 0 Å². The van der Waals surface area contributed by atoms with Crippen LogP contribution in [0.4, 0.5) is 0 Å². The molecule has 1 saturated heterocycles. The van der Waals surface area contributed by atoms with Crippen molar-refractivity contribution in [2.24, 2.45) is 0 Å². The number of ketones is 1. The molecule has 110 valence electrons. The summed E-state index contributed by atoms with van der Waals surface area (Å²) in [5.74, 6) is -0.261. The van der Waals surface area contributed by atoms with Gasteiger partial charge in [-0.1, -0.05) is 28.4 Å². The summed E-state index contributed by atoms with van der Waals surface area (Å²) in [6, 6.07) is 5.09. The number of rotatable bonds is 3. The van der Waals surface area contributed by atoms with Gasteiger partial charge < -0.3 is 5.32 Å². The third kappa shape index (κ3) is 3.10. The van der Waals surface area contributed by atoms with Gasteiger partial charge in [0, 0.05) is 10.6 Å². The first-order chi connectivity index (χ1) is 10.1. The highest BCUT2D eigenvalue weighted by Crippen LogP contribution is 2.23. The number of piperidine rings is 1. The van der Waals surface area contributed by atoms with Gasteiger partial charge in [0.15, 0.2) is 5.69 Å². The van der Waals surface area contributed by atoms with Crippen molar-refractivity contribution in [3.05, 3.63) is 45.7 Å². The van der Waals surface area contributed by atoms with Crippen molar-refractivity contribution >= 4 is 29.0 Å². The van der Waals surface area contributed by atoms with E-state index in [1.165, 1.54) is 0 Å². The number of carbonyl (C=O) groups is 1. The Morgan fingerprint density at radius 3 is 2.81 bits per heavy atom. The van der Waals surface area contributed by atoms with Crippen LogP contribution in [0.2, 0.25) is 10.0 Å². The maximum Gasteiger partial charge on any atom is 0.216 e. The number of nitrogens with one attached hydrogen (secondary N) is 1. The summed E-state index contributed by atoms with van der Waals surface area (Å²) in [6.07, 6.45) is 3.65. The monoisotopic (exact) mass is 324 g/mol. The highest BCUT2D eigenvalue weighted by molar-refractivity contribution is 6.36. The Morgan fingerprint density at radius 1 is 1.29 bits per heavy atom. The van der Waals surface area contributed by atoms with E-state index in [2.05, 4.69) is 15.6 Å². The summed E-state index contributed by atoms with van der Waals surface area (Å²) in [4.78, 5) is 12.4. The van der Waals surface area contributed by atoms with Crippen LogP contribution in [0.5, 0.6) is 0 Å². The second-order valence-corrected chi connectivity index (χ2v) is 5.86. The molecule has 2 heterocycles. The maximum absolute atomic E-state index is 12.4. The molecule has 0 aliphatic carbocycles. The van der Waals surface area contributed by atoms with Gasteiger partial charge in [-0.3, -0.25) is 4.79 Å². The van der Waals surface area contributed by atoms with Crippen LogP contribution in [0.15, 0.2) is 24.4 Å². The number of hydrogen-bond donors (Lipinski definition) is 1. The lowest BCUT2D eigenvalue weighted by atomic mass is 10.1. The van der Waals surface area contributed by atoms with E-state index in [0.29, 0.717) is 15.6 Å². The van der Waals surface area contributed by atoms with Crippen molar-refractivity contribution in [2.75, 3.05) is 13.1 Å². The molecule has 0 radical (unpaired) electrons. The highest BCUT2D eigenvalue weighted by atomic mass is 35.5. The van der Waals surface area contributed by atoms with Crippen LogP contribution in [-0.2, 0) is 0 Å². The molecule has 2 aromatic rings. The van der Waals surface area contributed by atoms with E-state index in [1.807, 2.05) is 0 Å². The van der Waals surface area contributed by atoms with Crippen LogP contribution in [0, 0.1) is 0 Å². The van der Waals surface area contributed by atoms with Crippen molar-refractivity contribution in [1.29, 1.82) is 0 Å². The Kier molecular flexibility index (Phi) is 4.24. The molecule has 5 nitrogen and oxygen atoms in total. The van der Waals surface area contributed by atoms with Gasteiger partial charge in [-0.05, 0) is 44.1 Å². The van der Waals surface area contributed by atoms with Gasteiger partial charge in [0.25, 0.3) is 0 Å². The lowest BCUT2D eigenvalue weighted by Gasteiger charge is -2.22. The van der Waals surface area contributed by atoms with Crippen LogP contribution in [0.25, 0.3) is 0 Å². The molecule has 0 amide bonds. The summed E-state index contributed by atoms with van der Waals surface area (Å²) >= 11 is 12.0. The molecule has 7 heteroatoms. The lowest BCUT2D eigenvalue weighted by Crippen LogP contribution is -2.29. The maximum atomic E-state index is 12.4. The molecule has 1 fully saturated rings. The first-order valence-electron chi connectivity index (χ1n) is 6.77. The second-order valence-electron chi connectivity index (χ2n) is 5.02. The second kappa shape index (κ2) is 6.13. The highest BCUT2D eigenvalue weighted by Gasteiger charge is 2.21. The minimum absolute atomic E-state index is 0.261. The Hall–Kier alpha value is -1.43. The minimum atomic E-state index is -0.261. The molecular formula is C14H14Cl2N4O. The number of aromatic nitrogens is 3. The molecule has 1 aliphatic rings. The van der Waals surface area contributed by atoms with E-state index < -0.39 is 0 Å². The van der Waals surface area contributed by atoms with E-state index in [-0.39, 0.29) is 17.5 Å². The quantitative estimate of drug-likeness (QED) is 0.882. The van der Waals surface area contributed by atoms with Crippen LogP contribution < -0.4 is 5.32 Å². The zero-order valence-electron chi connectivity index (χ0n) is 11.2. The first-order valence-corrected chi connectivity index (χ1v) is 7.53. The zero-order chi connectivity index (χ0) is 14.8. The van der Waals surface area contributed by atoms with Gasteiger partial charge in [-0.25, -0.2) is 4.68 Å². The SMILES string of the molecule is O=C(c1cn(C2CCNCC2)nn1)c1cc(Cl)ccc1Cl. The first kappa shape index (κ1) is 14.5. The van der Waals surface area contributed by atoms with Gasteiger partial charge >= 0.3 is 0 Å². The smallest absolute Gasteiger partial charge is 0.216 e. The van der Waals surface area contributed by atoms with Crippen LogP contribution >= 0.6 is 23.2 Å². The average molecular weight is 325 g/mol. The third-order valence-corrected chi connectivity index (χ3v) is 4.16. The Balaban J connectivity index is 1.85. The number of halogens is 2. The average Bonchev–Trinajstić information content (AvgIpc) is 3.00. The summed E-state index contributed by atoms with van der Waals surface area (Å²) < 4.78 is 1.77. The Bertz CT molecular complexity index is 665. The van der Waals surface area contributed by atoms with E-state index in [0.717, 1.165) is 25.9 Å². The topological polar surface area (TPSA) is 59.8 Å². The zero-order valence-corrected chi connectivity index (χ0v) is 12.7. The van der Waals surface area contributed by atoms with Crippen LogP contribution in [0.1, 0.15) is 34.9 Å². The van der Waals surface area contributed by atoms with E-state index in [9.17, 15) is 4.79 Å². The molecule has 0 spiro atoms. The molecule has 0 atom stereocenters. The van der Waals surface area contributed by atoms with Crippen LogP contribution in [0.3, 0.4) is 0 Å². The number of hydrogen-bond acceptors (Lipinski definition) is 4. The van der Waals surface area contributed by atoms with Gasteiger partial charge in [0.2, 0.25) is 5.78 Å². The molecule has 0 bridgehead atoms. The summed E-state index contributed by atoms with van der Waals surface area (Å²) in [5, 5.41) is 12.2. The summed E-state index contributed by atoms with van der Waals surface area (Å²) in [5.41, 5.74) is 0.638. The van der Waals surface area contributed by atoms with Crippen molar-refractivity contribution in [2.45, 2.75) is 18.9 Å². The molecule has 21 heavy (non-hydrogen) atoms. The fraction of sp³-hybridized carbons (Fsp3) is 0.357. The predicted molar refractivity (Wildman–Crippen MR) is 81.1 cm³/mol. The minimum Gasteiger partial charge on any atom is -0.317 e. The molecule has 0 saturated carbocycles. The van der Waals surface area contributed by atoms with Gasteiger partial charge in [-0.15, -0.1) is 5.10 Å². The van der Waals surface area contributed by atoms with E-state index in [1.54, 1.807) is 29.1 Å². The Labute approximate surface area is 132 Å². The van der Waals surface area contributed by atoms with Gasteiger partial charge in [-0.2, -0.15) is 0 Å². The molecule has 1 aliphatic heterocycles.